The van der Waals surface area contributed by atoms with Gasteiger partial charge in [-0.3, -0.25) is 9.59 Å². The van der Waals surface area contributed by atoms with Gasteiger partial charge in [-0.05, 0) is 25.7 Å². The van der Waals surface area contributed by atoms with Gasteiger partial charge >= 0.3 is 5.97 Å². The second-order valence-corrected chi connectivity index (χ2v) is 23.9. The Labute approximate surface area is 464 Å². The molecule has 0 saturated carbocycles. The first-order chi connectivity index (χ1) is 36.5. The van der Waals surface area contributed by atoms with Gasteiger partial charge in [-0.1, -0.05) is 361 Å². The summed E-state index contributed by atoms with van der Waals surface area (Å²) in [7, 11) is 0. The lowest BCUT2D eigenvalue weighted by Gasteiger charge is -2.22. The largest absolute Gasteiger partial charge is 0.466 e. The summed E-state index contributed by atoms with van der Waals surface area (Å²) in [4.78, 5) is 24.6. The van der Waals surface area contributed by atoms with Gasteiger partial charge in [0.1, 0.15) is 0 Å². The molecule has 2 atom stereocenters. The number of aliphatic hydroxyl groups excluding tert-OH is 2. The average Bonchev–Trinajstić information content (AvgIpc) is 3.40. The fraction of sp³-hybridized carbons (Fsp3) is 0.971. The fourth-order valence-electron chi connectivity index (χ4n) is 11.2. The molecule has 442 valence electrons. The molecule has 0 rings (SSSR count). The van der Waals surface area contributed by atoms with Crippen LogP contribution in [0.4, 0.5) is 0 Å². The van der Waals surface area contributed by atoms with Crippen LogP contribution in [0.15, 0.2) is 0 Å². The molecule has 0 aromatic carbocycles. The van der Waals surface area contributed by atoms with E-state index in [2.05, 4.69) is 19.2 Å². The zero-order valence-electron chi connectivity index (χ0n) is 50.6. The number of nitrogens with one attached hydrogen (secondary N) is 1. The number of amides is 1. The molecule has 0 spiro atoms. The second kappa shape index (κ2) is 64.4. The van der Waals surface area contributed by atoms with Crippen LogP contribution < -0.4 is 5.32 Å². The van der Waals surface area contributed by atoms with E-state index in [0.29, 0.717) is 25.9 Å². The molecule has 0 fully saturated rings. The van der Waals surface area contributed by atoms with Crippen LogP contribution in [-0.4, -0.2) is 47.4 Å². The molecule has 0 aliphatic rings. The molecule has 1 amide bonds. The highest BCUT2D eigenvalue weighted by Gasteiger charge is 2.20. The van der Waals surface area contributed by atoms with Crippen molar-refractivity contribution in [1.29, 1.82) is 0 Å². The number of ether oxygens (including phenoxy) is 1. The monoisotopic (exact) mass is 1050 g/mol. The molecular formula is C68H135NO5. The number of unbranched alkanes of at least 4 members (excludes halogenated alkanes) is 54. The van der Waals surface area contributed by atoms with E-state index in [-0.39, 0.29) is 18.5 Å². The van der Waals surface area contributed by atoms with Crippen molar-refractivity contribution in [2.45, 2.75) is 411 Å². The third-order valence-corrected chi connectivity index (χ3v) is 16.4. The van der Waals surface area contributed by atoms with Crippen molar-refractivity contribution in [3.05, 3.63) is 0 Å². The normalized spacial score (nSPS) is 12.4. The van der Waals surface area contributed by atoms with Crippen LogP contribution in [0.1, 0.15) is 399 Å². The zero-order valence-corrected chi connectivity index (χ0v) is 50.6. The lowest BCUT2D eigenvalue weighted by molar-refractivity contribution is -0.143. The van der Waals surface area contributed by atoms with Crippen LogP contribution in [0.3, 0.4) is 0 Å². The molecule has 0 saturated heterocycles. The Kier molecular flexibility index (Phi) is 63.4. The maximum atomic E-state index is 12.5. The Balaban J connectivity index is 3.30. The molecule has 6 nitrogen and oxygen atoms in total. The Morgan fingerprint density at radius 3 is 0.824 bits per heavy atom. The summed E-state index contributed by atoms with van der Waals surface area (Å²) in [5.41, 5.74) is 0. The molecule has 6 heteroatoms. The first-order valence-electron chi connectivity index (χ1n) is 34.3. The summed E-state index contributed by atoms with van der Waals surface area (Å²) < 4.78 is 5.51. The van der Waals surface area contributed by atoms with E-state index in [4.69, 9.17) is 4.74 Å². The lowest BCUT2D eigenvalue weighted by Crippen LogP contribution is -2.45. The van der Waals surface area contributed by atoms with E-state index in [0.717, 1.165) is 38.5 Å². The van der Waals surface area contributed by atoms with Gasteiger partial charge < -0.3 is 20.3 Å². The van der Waals surface area contributed by atoms with Gasteiger partial charge in [-0.15, -0.1) is 0 Å². The highest BCUT2D eigenvalue weighted by molar-refractivity contribution is 5.76. The number of carbonyl (C=O) groups is 2. The van der Waals surface area contributed by atoms with Crippen LogP contribution >= 0.6 is 0 Å². The van der Waals surface area contributed by atoms with Gasteiger partial charge in [0.15, 0.2) is 0 Å². The van der Waals surface area contributed by atoms with Crippen LogP contribution in [0.2, 0.25) is 0 Å². The van der Waals surface area contributed by atoms with Gasteiger partial charge in [-0.25, -0.2) is 0 Å². The van der Waals surface area contributed by atoms with Crippen LogP contribution in [0, 0.1) is 0 Å². The second-order valence-electron chi connectivity index (χ2n) is 23.9. The summed E-state index contributed by atoms with van der Waals surface area (Å²) in [5.74, 6) is -0.00729. The topological polar surface area (TPSA) is 95.9 Å². The van der Waals surface area contributed by atoms with E-state index >= 15 is 0 Å². The highest BCUT2D eigenvalue weighted by Crippen LogP contribution is 2.19. The van der Waals surface area contributed by atoms with Crippen molar-refractivity contribution >= 4 is 11.9 Å². The zero-order chi connectivity index (χ0) is 53.6. The standard InChI is InChI=1S/C68H135NO5/c1-3-5-7-9-11-13-15-17-18-19-28-32-35-38-42-46-50-54-58-62-68(73)74-63-59-55-51-47-43-39-36-33-30-27-25-23-21-20-22-24-26-29-31-34-37-41-45-49-53-57-61-67(72)69-65(64-70)66(71)60-56-52-48-44-40-16-14-12-10-8-6-4-2/h65-66,70-71H,3-64H2,1-2H3,(H,69,72). The first kappa shape index (κ1) is 72.9. The Morgan fingerprint density at radius 2 is 0.554 bits per heavy atom. The maximum Gasteiger partial charge on any atom is 0.305 e. The van der Waals surface area contributed by atoms with Crippen molar-refractivity contribution in [3.8, 4) is 0 Å². The van der Waals surface area contributed by atoms with Gasteiger partial charge in [0.2, 0.25) is 5.91 Å². The van der Waals surface area contributed by atoms with Gasteiger partial charge in [-0.2, -0.15) is 0 Å². The smallest absolute Gasteiger partial charge is 0.305 e. The van der Waals surface area contributed by atoms with Gasteiger partial charge in [0.25, 0.3) is 0 Å². The Hall–Kier alpha value is -1.14. The van der Waals surface area contributed by atoms with Crippen molar-refractivity contribution < 1.29 is 24.5 Å². The molecule has 2 unspecified atom stereocenters. The minimum absolute atomic E-state index is 0.0232. The summed E-state index contributed by atoms with van der Waals surface area (Å²) in [6, 6.07) is -0.537. The minimum Gasteiger partial charge on any atom is -0.466 e. The number of carbonyl (C=O) groups excluding carboxylic acids is 2. The Bertz CT molecular complexity index is 1070. The van der Waals surface area contributed by atoms with E-state index in [1.54, 1.807) is 0 Å². The average molecular weight is 1050 g/mol. The predicted octanol–water partition coefficient (Wildman–Crippen LogP) is 21.8. The van der Waals surface area contributed by atoms with Crippen molar-refractivity contribution in [2.24, 2.45) is 0 Å². The van der Waals surface area contributed by atoms with E-state index in [1.165, 1.54) is 327 Å². The number of rotatable bonds is 65. The number of hydrogen-bond acceptors (Lipinski definition) is 5. The van der Waals surface area contributed by atoms with Crippen molar-refractivity contribution in [1.82, 2.24) is 5.32 Å². The van der Waals surface area contributed by atoms with Gasteiger partial charge in [0.05, 0.1) is 25.4 Å². The molecule has 74 heavy (non-hydrogen) atoms. The third kappa shape index (κ3) is 60.1. The molecule has 0 heterocycles. The molecular weight excluding hydrogens is 911 g/mol. The first-order valence-corrected chi connectivity index (χ1v) is 34.3. The van der Waals surface area contributed by atoms with E-state index < -0.39 is 12.1 Å². The van der Waals surface area contributed by atoms with Gasteiger partial charge in [0, 0.05) is 12.8 Å². The summed E-state index contributed by atoms with van der Waals surface area (Å²) in [5, 5.41) is 23.2. The van der Waals surface area contributed by atoms with Crippen LogP contribution in [0.25, 0.3) is 0 Å². The summed E-state index contributed by atoms with van der Waals surface area (Å²) >= 11 is 0. The molecule has 0 radical (unpaired) electrons. The SMILES string of the molecule is CCCCCCCCCCCCCCCCCCCCCC(=O)OCCCCCCCCCCCCCCCCCCCCCCCCCCCCC(=O)NC(CO)C(O)CCCCCCCCCCCCCC. The van der Waals surface area contributed by atoms with Crippen molar-refractivity contribution in [2.75, 3.05) is 13.2 Å². The highest BCUT2D eigenvalue weighted by atomic mass is 16.5. The molecule has 3 N–H and O–H groups in total. The number of hydrogen-bond donors (Lipinski definition) is 3. The van der Waals surface area contributed by atoms with Crippen molar-refractivity contribution in [3.63, 3.8) is 0 Å². The lowest BCUT2D eigenvalue weighted by atomic mass is 10.0. The maximum absolute atomic E-state index is 12.5. The molecule has 0 bridgehead atoms. The Morgan fingerprint density at radius 1 is 0.324 bits per heavy atom. The predicted molar refractivity (Wildman–Crippen MR) is 324 cm³/mol. The molecule has 0 aromatic heterocycles. The van der Waals surface area contributed by atoms with Crippen LogP contribution in [0.5, 0.6) is 0 Å². The quantitative estimate of drug-likeness (QED) is 0.0417. The fourth-order valence-corrected chi connectivity index (χ4v) is 11.2. The molecule has 0 aliphatic carbocycles. The third-order valence-electron chi connectivity index (χ3n) is 16.4. The van der Waals surface area contributed by atoms with Crippen LogP contribution in [-0.2, 0) is 14.3 Å². The van der Waals surface area contributed by atoms with E-state index in [9.17, 15) is 19.8 Å². The van der Waals surface area contributed by atoms with E-state index in [1.807, 2.05) is 0 Å². The number of esters is 1. The molecule has 0 aliphatic heterocycles. The summed E-state index contributed by atoms with van der Waals surface area (Å²) in [6.45, 7) is 4.99. The minimum atomic E-state index is -0.660. The molecule has 0 aromatic rings. The summed E-state index contributed by atoms with van der Waals surface area (Å²) in [6.07, 6.45) is 77.2. The number of aliphatic hydroxyl groups is 2.